The molecule has 2 nitrogen and oxygen atoms in total. The highest BCUT2D eigenvalue weighted by Crippen LogP contribution is 2.31. The lowest BCUT2D eigenvalue weighted by molar-refractivity contribution is 0.218. The Morgan fingerprint density at radius 3 is 3.00 bits per heavy atom. The fourth-order valence-corrected chi connectivity index (χ4v) is 2.22. The molecule has 1 unspecified atom stereocenters. The van der Waals surface area contributed by atoms with Gasteiger partial charge in [0, 0.05) is 12.5 Å². The van der Waals surface area contributed by atoms with Crippen LogP contribution in [0.4, 0.5) is 0 Å². The highest BCUT2D eigenvalue weighted by Gasteiger charge is 2.14. The highest BCUT2D eigenvalue weighted by molar-refractivity contribution is 6.42. The summed E-state index contributed by atoms with van der Waals surface area (Å²) in [5.74, 6) is 1.25. The first-order chi connectivity index (χ1) is 7.77. The van der Waals surface area contributed by atoms with Crippen molar-refractivity contribution >= 4 is 23.2 Å². The number of hydrogen-bond donors (Lipinski definition) is 1. The molecule has 1 aromatic carbocycles. The van der Waals surface area contributed by atoms with Gasteiger partial charge in [-0.15, -0.1) is 0 Å². The van der Waals surface area contributed by atoms with Crippen LogP contribution in [-0.2, 0) is 0 Å². The molecule has 1 atom stereocenters. The summed E-state index contributed by atoms with van der Waals surface area (Å²) in [6.45, 7) is 2.85. The van der Waals surface area contributed by atoms with Crippen LogP contribution in [-0.4, -0.2) is 19.7 Å². The Hall–Kier alpha value is -0.440. The fraction of sp³-hybridized carbons (Fsp3) is 0.500. The quantitative estimate of drug-likeness (QED) is 0.899. The SMILES string of the molecule is Clc1cccc(OCC2CCCNC2)c1Cl. The van der Waals surface area contributed by atoms with Crippen LogP contribution in [0.25, 0.3) is 0 Å². The van der Waals surface area contributed by atoms with Crippen molar-refractivity contribution in [2.45, 2.75) is 12.8 Å². The molecule has 0 spiro atoms. The summed E-state index contributed by atoms with van der Waals surface area (Å²) in [4.78, 5) is 0. The van der Waals surface area contributed by atoms with Crippen LogP contribution in [0.15, 0.2) is 18.2 Å². The van der Waals surface area contributed by atoms with Gasteiger partial charge in [-0.3, -0.25) is 0 Å². The normalized spacial score (nSPS) is 20.8. The molecular formula is C12H15Cl2NO. The van der Waals surface area contributed by atoms with Crippen LogP contribution in [0.5, 0.6) is 5.75 Å². The fourth-order valence-electron chi connectivity index (χ4n) is 1.87. The maximum Gasteiger partial charge on any atom is 0.139 e. The molecule has 0 saturated carbocycles. The van der Waals surface area contributed by atoms with Gasteiger partial charge < -0.3 is 10.1 Å². The first-order valence-corrected chi connectivity index (χ1v) is 6.30. The van der Waals surface area contributed by atoms with Crippen LogP contribution in [0, 0.1) is 5.92 Å². The van der Waals surface area contributed by atoms with E-state index < -0.39 is 0 Å². The zero-order valence-corrected chi connectivity index (χ0v) is 10.5. The minimum Gasteiger partial charge on any atom is -0.492 e. The van der Waals surface area contributed by atoms with Gasteiger partial charge in [0.15, 0.2) is 0 Å². The molecule has 1 aromatic rings. The molecule has 2 rings (SSSR count). The third-order valence-electron chi connectivity index (χ3n) is 2.79. The minimum absolute atomic E-state index is 0.507. The lowest BCUT2D eigenvalue weighted by Crippen LogP contribution is -2.33. The zero-order valence-electron chi connectivity index (χ0n) is 9.01. The molecule has 0 aliphatic carbocycles. The van der Waals surface area contributed by atoms with Gasteiger partial charge in [-0.05, 0) is 31.5 Å². The summed E-state index contributed by atoms with van der Waals surface area (Å²) in [5, 5.41) is 4.41. The molecule has 1 aliphatic rings. The van der Waals surface area contributed by atoms with E-state index >= 15 is 0 Å². The van der Waals surface area contributed by atoms with Gasteiger partial charge in [-0.1, -0.05) is 29.3 Å². The lowest BCUT2D eigenvalue weighted by Gasteiger charge is -2.23. The molecule has 4 heteroatoms. The van der Waals surface area contributed by atoms with Crippen molar-refractivity contribution in [1.82, 2.24) is 5.32 Å². The second-order valence-electron chi connectivity index (χ2n) is 4.08. The summed E-state index contributed by atoms with van der Waals surface area (Å²) in [6, 6.07) is 5.46. The largest absolute Gasteiger partial charge is 0.492 e. The Bertz CT molecular complexity index is 351. The molecule has 0 radical (unpaired) electrons. The minimum atomic E-state index is 0.507. The van der Waals surface area contributed by atoms with Crippen molar-refractivity contribution in [3.8, 4) is 5.75 Å². The second-order valence-corrected chi connectivity index (χ2v) is 4.86. The van der Waals surface area contributed by atoms with E-state index in [0.29, 0.717) is 28.3 Å². The number of piperidine rings is 1. The zero-order chi connectivity index (χ0) is 11.4. The highest BCUT2D eigenvalue weighted by atomic mass is 35.5. The number of halogens is 2. The Morgan fingerprint density at radius 1 is 1.38 bits per heavy atom. The van der Waals surface area contributed by atoms with Gasteiger partial charge in [0.25, 0.3) is 0 Å². The maximum absolute atomic E-state index is 6.04. The van der Waals surface area contributed by atoms with Crippen LogP contribution in [0.1, 0.15) is 12.8 Å². The second kappa shape index (κ2) is 5.76. The number of nitrogens with one attached hydrogen (secondary N) is 1. The number of rotatable bonds is 3. The van der Waals surface area contributed by atoms with Crippen LogP contribution >= 0.6 is 23.2 Å². The molecule has 16 heavy (non-hydrogen) atoms. The van der Waals surface area contributed by atoms with Gasteiger partial charge in [-0.25, -0.2) is 0 Å². The van der Waals surface area contributed by atoms with Gasteiger partial charge >= 0.3 is 0 Å². The third-order valence-corrected chi connectivity index (χ3v) is 3.59. The summed E-state index contributed by atoms with van der Waals surface area (Å²) < 4.78 is 5.70. The average molecular weight is 260 g/mol. The Balaban J connectivity index is 1.91. The number of benzene rings is 1. The molecule has 1 saturated heterocycles. The van der Waals surface area contributed by atoms with E-state index in [1.807, 2.05) is 12.1 Å². The van der Waals surface area contributed by atoms with E-state index in [1.54, 1.807) is 6.07 Å². The molecule has 1 aliphatic heterocycles. The molecule has 1 N–H and O–H groups in total. The maximum atomic E-state index is 6.04. The van der Waals surface area contributed by atoms with E-state index in [0.717, 1.165) is 13.1 Å². The van der Waals surface area contributed by atoms with Crippen molar-refractivity contribution in [1.29, 1.82) is 0 Å². The number of hydrogen-bond acceptors (Lipinski definition) is 2. The molecule has 0 bridgehead atoms. The van der Waals surface area contributed by atoms with E-state index in [-0.39, 0.29) is 0 Å². The van der Waals surface area contributed by atoms with Crippen molar-refractivity contribution in [2.24, 2.45) is 5.92 Å². The van der Waals surface area contributed by atoms with E-state index in [2.05, 4.69) is 5.32 Å². The van der Waals surface area contributed by atoms with Crippen LogP contribution in [0.2, 0.25) is 10.0 Å². The Morgan fingerprint density at radius 2 is 2.25 bits per heavy atom. The smallest absolute Gasteiger partial charge is 0.139 e. The summed E-state index contributed by atoms with van der Waals surface area (Å²) >= 11 is 11.9. The van der Waals surface area contributed by atoms with E-state index in [9.17, 15) is 0 Å². The van der Waals surface area contributed by atoms with E-state index in [4.69, 9.17) is 27.9 Å². The third kappa shape index (κ3) is 3.03. The predicted molar refractivity (Wildman–Crippen MR) is 67.6 cm³/mol. The summed E-state index contributed by atoms with van der Waals surface area (Å²) in [5.41, 5.74) is 0. The average Bonchev–Trinajstić information content (AvgIpc) is 2.32. The molecule has 88 valence electrons. The summed E-state index contributed by atoms with van der Waals surface area (Å²) in [7, 11) is 0. The molecule has 1 heterocycles. The lowest BCUT2D eigenvalue weighted by atomic mass is 10.0. The van der Waals surface area contributed by atoms with Crippen molar-refractivity contribution in [3.63, 3.8) is 0 Å². The standard InChI is InChI=1S/C12H15Cl2NO/c13-10-4-1-5-11(12(10)14)16-8-9-3-2-6-15-7-9/h1,4-5,9,15H,2-3,6-8H2. The van der Waals surface area contributed by atoms with Gasteiger partial charge in [0.2, 0.25) is 0 Å². The van der Waals surface area contributed by atoms with Crippen molar-refractivity contribution in [2.75, 3.05) is 19.7 Å². The van der Waals surface area contributed by atoms with Crippen LogP contribution in [0.3, 0.4) is 0 Å². The molecule has 0 amide bonds. The first kappa shape index (κ1) is 12.0. The van der Waals surface area contributed by atoms with Gasteiger partial charge in [-0.2, -0.15) is 0 Å². The summed E-state index contributed by atoms with van der Waals surface area (Å²) in [6.07, 6.45) is 2.43. The molecule has 0 aromatic heterocycles. The predicted octanol–water partition coefficient (Wildman–Crippen LogP) is 3.37. The van der Waals surface area contributed by atoms with Gasteiger partial charge in [0.05, 0.1) is 11.6 Å². The molecule has 1 fully saturated rings. The Labute approximate surface area is 106 Å². The monoisotopic (exact) mass is 259 g/mol. The topological polar surface area (TPSA) is 21.3 Å². The Kier molecular flexibility index (Phi) is 4.33. The number of ether oxygens (including phenoxy) is 1. The first-order valence-electron chi connectivity index (χ1n) is 5.55. The molecular weight excluding hydrogens is 245 g/mol. The van der Waals surface area contributed by atoms with E-state index in [1.165, 1.54) is 12.8 Å². The van der Waals surface area contributed by atoms with Crippen LogP contribution < -0.4 is 10.1 Å². The van der Waals surface area contributed by atoms with Gasteiger partial charge in [0.1, 0.15) is 10.8 Å². The van der Waals surface area contributed by atoms with Crippen molar-refractivity contribution in [3.05, 3.63) is 28.2 Å². The van der Waals surface area contributed by atoms with Crippen molar-refractivity contribution < 1.29 is 4.74 Å².